The van der Waals surface area contributed by atoms with Crippen LogP contribution in [0.2, 0.25) is 10.0 Å². The van der Waals surface area contributed by atoms with Crippen LogP contribution in [0.25, 0.3) is 0 Å². The van der Waals surface area contributed by atoms with Gasteiger partial charge in [0.25, 0.3) is 0 Å². The lowest BCUT2D eigenvalue weighted by Crippen LogP contribution is -2.19. The molecule has 0 unspecified atom stereocenters. The van der Waals surface area contributed by atoms with Crippen LogP contribution in [-0.2, 0) is 6.54 Å². The minimum atomic E-state index is -0.438. The fourth-order valence-electron chi connectivity index (χ4n) is 1.67. The second-order valence-corrected chi connectivity index (χ2v) is 4.82. The van der Waals surface area contributed by atoms with Crippen LogP contribution in [0.1, 0.15) is 5.56 Å². The zero-order valence-electron chi connectivity index (χ0n) is 9.70. The second kappa shape index (κ2) is 5.55. The maximum absolute atomic E-state index is 13.7. The number of hydrogen-bond donors (Lipinski definition) is 0. The predicted molar refractivity (Wildman–Crippen MR) is 72.8 cm³/mol. The summed E-state index contributed by atoms with van der Waals surface area (Å²) in [6.45, 7) is 0.520. The zero-order chi connectivity index (χ0) is 13.1. The first-order valence-corrected chi connectivity index (χ1v) is 6.08. The normalized spacial score (nSPS) is 10.4. The van der Waals surface area contributed by atoms with Gasteiger partial charge in [-0.3, -0.25) is 0 Å². The van der Waals surface area contributed by atoms with Gasteiger partial charge >= 0.3 is 0 Å². The third-order valence-electron chi connectivity index (χ3n) is 2.46. The van der Waals surface area contributed by atoms with E-state index in [1.165, 1.54) is 12.3 Å². The number of benzene rings is 1. The summed E-state index contributed by atoms with van der Waals surface area (Å²) in [6.07, 6.45) is 1.43. The lowest BCUT2D eigenvalue weighted by molar-refractivity contribution is 0.615. The standard InChI is InChI=1S/C13H11Cl2FN2/c1-18(8-9-3-2-4-10(14)5-9)13-12(16)6-11(15)7-17-13/h2-7H,8H2,1H3. The molecule has 18 heavy (non-hydrogen) atoms. The van der Waals surface area contributed by atoms with Crippen molar-refractivity contribution in [3.8, 4) is 0 Å². The van der Waals surface area contributed by atoms with Crippen LogP contribution in [-0.4, -0.2) is 12.0 Å². The molecule has 0 atom stereocenters. The van der Waals surface area contributed by atoms with Crippen molar-refractivity contribution in [2.75, 3.05) is 11.9 Å². The van der Waals surface area contributed by atoms with Crippen LogP contribution in [0.5, 0.6) is 0 Å². The van der Waals surface area contributed by atoms with E-state index in [1.54, 1.807) is 18.0 Å². The molecule has 2 nitrogen and oxygen atoms in total. The molecule has 0 saturated carbocycles. The number of anilines is 1. The Morgan fingerprint density at radius 3 is 2.67 bits per heavy atom. The van der Waals surface area contributed by atoms with Crippen molar-refractivity contribution in [3.63, 3.8) is 0 Å². The summed E-state index contributed by atoms with van der Waals surface area (Å²) >= 11 is 11.6. The summed E-state index contributed by atoms with van der Waals surface area (Å²) in [5.41, 5.74) is 0.987. The summed E-state index contributed by atoms with van der Waals surface area (Å²) in [5.74, 6) is -0.175. The maximum Gasteiger partial charge on any atom is 0.167 e. The second-order valence-electron chi connectivity index (χ2n) is 3.94. The molecule has 0 saturated heterocycles. The number of halogens is 3. The lowest BCUT2D eigenvalue weighted by Gasteiger charge is -2.18. The Balaban J connectivity index is 2.19. The third kappa shape index (κ3) is 3.12. The molecule has 0 aliphatic carbocycles. The first kappa shape index (κ1) is 13.1. The highest BCUT2D eigenvalue weighted by atomic mass is 35.5. The van der Waals surface area contributed by atoms with E-state index in [1.807, 2.05) is 18.2 Å². The highest BCUT2D eigenvalue weighted by Gasteiger charge is 2.10. The molecule has 1 aromatic heterocycles. The van der Waals surface area contributed by atoms with E-state index >= 15 is 0 Å². The van der Waals surface area contributed by atoms with Gasteiger partial charge in [0.15, 0.2) is 11.6 Å². The van der Waals surface area contributed by atoms with Gasteiger partial charge in [-0.25, -0.2) is 9.37 Å². The van der Waals surface area contributed by atoms with Crippen molar-refractivity contribution in [2.45, 2.75) is 6.54 Å². The fraction of sp³-hybridized carbons (Fsp3) is 0.154. The van der Waals surface area contributed by atoms with Crippen LogP contribution in [0.4, 0.5) is 10.2 Å². The Hall–Kier alpha value is -1.32. The van der Waals surface area contributed by atoms with Gasteiger partial charge in [-0.1, -0.05) is 35.3 Å². The summed E-state index contributed by atoms with van der Waals surface area (Å²) in [4.78, 5) is 5.69. The molecular formula is C13H11Cl2FN2. The highest BCUT2D eigenvalue weighted by molar-refractivity contribution is 6.30. The number of hydrogen-bond acceptors (Lipinski definition) is 2. The Morgan fingerprint density at radius 1 is 1.22 bits per heavy atom. The number of rotatable bonds is 3. The number of aromatic nitrogens is 1. The van der Waals surface area contributed by atoms with Crippen molar-refractivity contribution in [1.82, 2.24) is 4.98 Å². The van der Waals surface area contributed by atoms with Crippen LogP contribution in [0.15, 0.2) is 36.5 Å². The molecule has 1 heterocycles. The van der Waals surface area contributed by atoms with E-state index in [-0.39, 0.29) is 10.8 Å². The van der Waals surface area contributed by atoms with Gasteiger partial charge in [0, 0.05) is 24.8 Å². The molecule has 0 bridgehead atoms. The molecule has 0 N–H and O–H groups in total. The van der Waals surface area contributed by atoms with Gasteiger partial charge in [-0.2, -0.15) is 0 Å². The molecule has 2 aromatic rings. The molecular weight excluding hydrogens is 274 g/mol. The maximum atomic E-state index is 13.7. The van der Waals surface area contributed by atoms with Gasteiger partial charge in [0.05, 0.1) is 5.02 Å². The largest absolute Gasteiger partial charge is 0.353 e. The molecule has 1 aromatic carbocycles. The SMILES string of the molecule is CN(Cc1cccc(Cl)c1)c1ncc(Cl)cc1F. The van der Waals surface area contributed by atoms with E-state index in [0.29, 0.717) is 11.6 Å². The zero-order valence-corrected chi connectivity index (χ0v) is 11.2. The van der Waals surface area contributed by atoms with Crippen LogP contribution < -0.4 is 4.90 Å². The average Bonchev–Trinajstić information content (AvgIpc) is 2.28. The number of nitrogens with zero attached hydrogens (tertiary/aromatic N) is 2. The van der Waals surface area contributed by atoms with Gasteiger partial charge < -0.3 is 4.90 Å². The molecule has 0 aliphatic heterocycles. The lowest BCUT2D eigenvalue weighted by atomic mass is 10.2. The van der Waals surface area contributed by atoms with Crippen molar-refractivity contribution in [1.29, 1.82) is 0 Å². The van der Waals surface area contributed by atoms with E-state index in [9.17, 15) is 4.39 Å². The summed E-state index contributed by atoms with van der Waals surface area (Å²) in [7, 11) is 1.76. The summed E-state index contributed by atoms with van der Waals surface area (Å²) < 4.78 is 13.7. The van der Waals surface area contributed by atoms with E-state index < -0.39 is 5.82 Å². The van der Waals surface area contributed by atoms with Gasteiger partial charge in [-0.15, -0.1) is 0 Å². The molecule has 0 aliphatic rings. The van der Waals surface area contributed by atoms with Crippen molar-refractivity contribution in [3.05, 3.63) is 58.0 Å². The average molecular weight is 285 g/mol. The Kier molecular flexibility index (Phi) is 4.04. The van der Waals surface area contributed by atoms with Crippen molar-refractivity contribution < 1.29 is 4.39 Å². The van der Waals surface area contributed by atoms with E-state index in [2.05, 4.69) is 4.98 Å². The fourth-order valence-corrected chi connectivity index (χ4v) is 2.03. The highest BCUT2D eigenvalue weighted by Crippen LogP contribution is 2.21. The molecule has 94 valence electrons. The minimum absolute atomic E-state index is 0.263. The number of pyridine rings is 1. The van der Waals surface area contributed by atoms with E-state index in [4.69, 9.17) is 23.2 Å². The van der Waals surface area contributed by atoms with Crippen molar-refractivity contribution in [2.24, 2.45) is 0 Å². The van der Waals surface area contributed by atoms with Crippen molar-refractivity contribution >= 4 is 29.0 Å². The molecule has 0 amide bonds. The van der Waals surface area contributed by atoms with Crippen LogP contribution in [0, 0.1) is 5.82 Å². The monoisotopic (exact) mass is 284 g/mol. The smallest absolute Gasteiger partial charge is 0.167 e. The molecule has 5 heteroatoms. The molecule has 0 fully saturated rings. The topological polar surface area (TPSA) is 16.1 Å². The molecule has 0 radical (unpaired) electrons. The minimum Gasteiger partial charge on any atom is -0.353 e. The summed E-state index contributed by atoms with van der Waals surface area (Å²) in [6, 6.07) is 8.67. The first-order chi connectivity index (χ1) is 8.56. The Morgan fingerprint density at radius 2 is 2.00 bits per heavy atom. The van der Waals surface area contributed by atoms with Gasteiger partial charge in [0.1, 0.15) is 0 Å². The first-order valence-electron chi connectivity index (χ1n) is 5.33. The quantitative estimate of drug-likeness (QED) is 0.841. The van der Waals surface area contributed by atoms with Gasteiger partial charge in [0.2, 0.25) is 0 Å². The summed E-state index contributed by atoms with van der Waals surface area (Å²) in [5, 5.41) is 0.942. The van der Waals surface area contributed by atoms with Gasteiger partial charge in [-0.05, 0) is 23.8 Å². The molecule has 2 rings (SSSR count). The Bertz CT molecular complexity index is 560. The van der Waals surface area contributed by atoms with E-state index in [0.717, 1.165) is 5.56 Å². The third-order valence-corrected chi connectivity index (χ3v) is 2.90. The predicted octanol–water partition coefficient (Wildman–Crippen LogP) is 4.16. The Labute approximate surface area is 115 Å². The van der Waals surface area contributed by atoms with Crippen LogP contribution in [0.3, 0.4) is 0 Å². The van der Waals surface area contributed by atoms with Crippen LogP contribution >= 0.6 is 23.2 Å². The molecule has 0 spiro atoms.